The molecular formula is C44H71NO5. The number of aliphatic hydroxyl groups excluding tert-OH is 1. The van der Waals surface area contributed by atoms with E-state index in [9.17, 15) is 19.8 Å². The predicted octanol–water partition coefficient (Wildman–Crippen LogP) is 9.49. The van der Waals surface area contributed by atoms with Crippen molar-refractivity contribution in [3.05, 3.63) is 11.1 Å². The van der Waals surface area contributed by atoms with Gasteiger partial charge in [0.05, 0.1) is 17.9 Å². The number of esters is 1. The molecule has 6 nitrogen and oxygen atoms in total. The van der Waals surface area contributed by atoms with Crippen molar-refractivity contribution in [1.82, 2.24) is 5.32 Å². The number of rotatable bonds is 10. The molecule has 6 fully saturated rings. The van der Waals surface area contributed by atoms with Gasteiger partial charge in [-0.05, 0) is 149 Å². The monoisotopic (exact) mass is 694 g/mol. The molecule has 7 aliphatic rings. The van der Waals surface area contributed by atoms with Crippen molar-refractivity contribution in [3.8, 4) is 0 Å². The Morgan fingerprint density at radius 2 is 1.56 bits per heavy atom. The van der Waals surface area contributed by atoms with Gasteiger partial charge in [-0.3, -0.25) is 9.59 Å². The molecule has 50 heavy (non-hydrogen) atoms. The lowest BCUT2D eigenvalue weighted by molar-refractivity contribution is -0.220. The van der Waals surface area contributed by atoms with E-state index in [2.05, 4.69) is 46.9 Å². The zero-order chi connectivity index (χ0) is 36.1. The minimum absolute atomic E-state index is 0.0304. The van der Waals surface area contributed by atoms with Crippen LogP contribution in [0.25, 0.3) is 0 Å². The molecule has 0 radical (unpaired) electrons. The van der Waals surface area contributed by atoms with Crippen molar-refractivity contribution >= 4 is 11.9 Å². The molecule has 6 heteroatoms. The van der Waals surface area contributed by atoms with E-state index in [4.69, 9.17) is 4.74 Å². The number of allylic oxidation sites excluding steroid dienone is 1. The van der Waals surface area contributed by atoms with Crippen LogP contribution in [0.4, 0.5) is 0 Å². The summed E-state index contributed by atoms with van der Waals surface area (Å²) in [6, 6.07) is 0. The molecule has 0 aliphatic heterocycles. The second-order valence-corrected chi connectivity index (χ2v) is 20.9. The van der Waals surface area contributed by atoms with Crippen LogP contribution in [0.2, 0.25) is 0 Å². The smallest absolute Gasteiger partial charge is 0.309 e. The van der Waals surface area contributed by atoms with Gasteiger partial charge in [0, 0.05) is 17.4 Å². The van der Waals surface area contributed by atoms with Crippen LogP contribution in [0, 0.1) is 61.6 Å². The predicted molar refractivity (Wildman–Crippen MR) is 198 cm³/mol. The Labute approximate surface area is 303 Å². The summed E-state index contributed by atoms with van der Waals surface area (Å²) in [7, 11) is 0. The third kappa shape index (κ3) is 5.12. The van der Waals surface area contributed by atoms with E-state index in [-0.39, 0.29) is 57.1 Å². The number of nitrogens with one attached hydrogen (secondary N) is 1. The topological polar surface area (TPSA) is 95.9 Å². The molecule has 282 valence electrons. The molecule has 1 unspecified atom stereocenters. The third-order valence-corrected chi connectivity index (χ3v) is 18.2. The van der Waals surface area contributed by atoms with Gasteiger partial charge in [0.1, 0.15) is 6.10 Å². The average Bonchev–Trinajstić information content (AvgIpc) is 3.51. The van der Waals surface area contributed by atoms with Gasteiger partial charge in [-0.15, -0.1) is 0 Å². The Morgan fingerprint density at radius 1 is 0.860 bits per heavy atom. The van der Waals surface area contributed by atoms with Gasteiger partial charge >= 0.3 is 11.9 Å². The van der Waals surface area contributed by atoms with Gasteiger partial charge in [-0.25, -0.2) is 0 Å². The maximum Gasteiger partial charge on any atom is 0.309 e. The zero-order valence-corrected chi connectivity index (χ0v) is 33.0. The quantitative estimate of drug-likeness (QED) is 0.156. The fourth-order valence-electron chi connectivity index (χ4n) is 14.9. The first-order valence-electron chi connectivity index (χ1n) is 21.0. The Morgan fingerprint density at radius 3 is 2.24 bits per heavy atom. The van der Waals surface area contributed by atoms with Gasteiger partial charge in [0.2, 0.25) is 0 Å². The number of aliphatic carboxylic acids is 1. The normalized spacial score (nSPS) is 44.8. The molecule has 10 atom stereocenters. The second kappa shape index (κ2) is 12.3. The zero-order valence-electron chi connectivity index (χ0n) is 33.0. The van der Waals surface area contributed by atoms with Crippen molar-refractivity contribution in [1.29, 1.82) is 0 Å². The van der Waals surface area contributed by atoms with E-state index in [1.807, 2.05) is 0 Å². The standard InChI is InChI=1S/C44H71NO5/c1-28(2)30-16-19-43(33(46)26-45-25-29-12-10-9-11-13-29)22-20-39(5)31(36(30)43)14-15-32-40(39,6)21-23-44-27-42(44,8)34(17-18-41(32,44)7)50-35(47)24-38(3,4)37(48)49/h28-29,31-34,45-46H,9-27H2,1-8H3,(H,48,49)/t31-,32+,33-,34+,39-,40-,41-,42?,43-,44+/m1/s1. The summed E-state index contributed by atoms with van der Waals surface area (Å²) in [4.78, 5) is 24.8. The van der Waals surface area contributed by atoms with Gasteiger partial charge in [0.15, 0.2) is 0 Å². The van der Waals surface area contributed by atoms with Gasteiger partial charge < -0.3 is 20.3 Å². The van der Waals surface area contributed by atoms with Crippen molar-refractivity contribution in [2.75, 3.05) is 13.1 Å². The fraction of sp³-hybridized carbons (Fsp3) is 0.909. The van der Waals surface area contributed by atoms with E-state index in [0.717, 1.165) is 57.5 Å². The number of ether oxygens (including phenoxy) is 1. The lowest BCUT2D eigenvalue weighted by atomic mass is 9.33. The molecule has 3 N–H and O–H groups in total. The summed E-state index contributed by atoms with van der Waals surface area (Å²) in [6.07, 6.45) is 18.9. The largest absolute Gasteiger partial charge is 0.481 e. The number of hydrogen-bond donors (Lipinski definition) is 3. The molecular weight excluding hydrogens is 622 g/mol. The second-order valence-electron chi connectivity index (χ2n) is 20.9. The minimum Gasteiger partial charge on any atom is -0.481 e. The maximum absolute atomic E-state index is 13.1. The van der Waals surface area contributed by atoms with E-state index in [1.54, 1.807) is 25.0 Å². The first kappa shape index (κ1) is 36.9. The summed E-state index contributed by atoms with van der Waals surface area (Å²) >= 11 is 0. The summed E-state index contributed by atoms with van der Waals surface area (Å²) in [5.41, 5.74) is 2.98. The van der Waals surface area contributed by atoms with Gasteiger partial charge in [0.25, 0.3) is 0 Å². The number of carboxylic acid groups (broad SMARTS) is 1. The lowest BCUT2D eigenvalue weighted by Crippen LogP contribution is -2.65. The first-order valence-corrected chi connectivity index (χ1v) is 21.0. The van der Waals surface area contributed by atoms with Crippen LogP contribution in [0.15, 0.2) is 11.1 Å². The number of hydrogen-bond acceptors (Lipinski definition) is 5. The highest BCUT2D eigenvalue weighted by molar-refractivity contribution is 5.81. The minimum atomic E-state index is -1.12. The highest BCUT2D eigenvalue weighted by Gasteiger charge is 2.82. The number of aliphatic hydroxyl groups is 1. The van der Waals surface area contributed by atoms with Crippen LogP contribution in [-0.4, -0.2) is 47.4 Å². The van der Waals surface area contributed by atoms with Crippen molar-refractivity contribution in [3.63, 3.8) is 0 Å². The number of carbonyl (C=O) groups is 2. The molecule has 1 spiro atoms. The molecule has 7 aliphatic carbocycles. The Bertz CT molecular complexity index is 1400. The summed E-state index contributed by atoms with van der Waals surface area (Å²) < 4.78 is 6.23. The summed E-state index contributed by atoms with van der Waals surface area (Å²) in [5.74, 6) is 1.17. The van der Waals surface area contributed by atoms with Crippen LogP contribution in [0.1, 0.15) is 165 Å². The van der Waals surface area contributed by atoms with E-state index in [0.29, 0.717) is 17.8 Å². The van der Waals surface area contributed by atoms with Gasteiger partial charge in [-0.1, -0.05) is 72.0 Å². The molecule has 0 heterocycles. The number of fused-ring (bicyclic) bond motifs is 6. The molecule has 0 bridgehead atoms. The molecule has 0 aromatic heterocycles. The van der Waals surface area contributed by atoms with Crippen LogP contribution in [0.5, 0.6) is 0 Å². The van der Waals surface area contributed by atoms with Crippen LogP contribution >= 0.6 is 0 Å². The fourth-order valence-corrected chi connectivity index (χ4v) is 14.9. The Balaban J connectivity index is 1.12. The van der Waals surface area contributed by atoms with Crippen LogP contribution < -0.4 is 5.32 Å². The van der Waals surface area contributed by atoms with Crippen molar-refractivity contribution in [2.45, 2.75) is 177 Å². The van der Waals surface area contributed by atoms with Crippen molar-refractivity contribution in [2.24, 2.45) is 61.6 Å². The molecule has 6 saturated carbocycles. The van der Waals surface area contributed by atoms with E-state index in [1.165, 1.54) is 64.2 Å². The van der Waals surface area contributed by atoms with Crippen LogP contribution in [-0.2, 0) is 14.3 Å². The first-order chi connectivity index (χ1) is 23.4. The molecule has 0 aromatic carbocycles. The summed E-state index contributed by atoms with van der Waals surface area (Å²) in [5, 5.41) is 25.6. The molecule has 0 saturated heterocycles. The van der Waals surface area contributed by atoms with E-state index >= 15 is 0 Å². The Hall–Kier alpha value is -1.40. The van der Waals surface area contributed by atoms with Crippen molar-refractivity contribution < 1.29 is 24.5 Å². The third-order valence-electron chi connectivity index (χ3n) is 18.2. The maximum atomic E-state index is 13.1. The SMILES string of the molecule is CC(C)C1=C2[C@H]3CC[C@@H]4[C@@]5(C)CC[C@H](OC(=O)CC(C)(C)C(=O)O)C6(C)C[C@]65CC[C@@]4(C)[C@]3(C)CC[C@@]2([C@H](O)CNCC2CCCCC2)CC1. The summed E-state index contributed by atoms with van der Waals surface area (Å²) in [6.45, 7) is 20.2. The van der Waals surface area contributed by atoms with Crippen LogP contribution in [0.3, 0.4) is 0 Å². The average molecular weight is 694 g/mol. The van der Waals surface area contributed by atoms with Gasteiger partial charge in [-0.2, -0.15) is 0 Å². The molecule has 0 aromatic rings. The highest BCUT2D eigenvalue weighted by atomic mass is 16.5. The molecule has 7 rings (SSSR count). The molecule has 0 amide bonds. The lowest BCUT2D eigenvalue weighted by Gasteiger charge is -2.71. The Kier molecular flexibility index (Phi) is 9.10. The number of carbonyl (C=O) groups excluding carboxylic acids is 1. The highest BCUT2D eigenvalue weighted by Crippen LogP contribution is 2.87. The van der Waals surface area contributed by atoms with E-state index < -0.39 is 11.4 Å². The number of carboxylic acids is 1.